The summed E-state index contributed by atoms with van der Waals surface area (Å²) in [5.74, 6) is -0.924. The molecule has 0 aliphatic carbocycles. The SMILES string of the molecule is CC(C)(C)OC(=O)N1CCC[C@](Cc2ccc(Cl)c(Cl)c2)(C(=O)O)C1. The molecule has 1 atom stereocenters. The molecule has 1 aliphatic heterocycles. The summed E-state index contributed by atoms with van der Waals surface area (Å²) < 4.78 is 5.39. The van der Waals surface area contributed by atoms with Gasteiger partial charge in [-0.3, -0.25) is 4.79 Å². The van der Waals surface area contributed by atoms with Crippen LogP contribution in [0.25, 0.3) is 0 Å². The van der Waals surface area contributed by atoms with E-state index in [0.717, 1.165) is 5.56 Å². The summed E-state index contributed by atoms with van der Waals surface area (Å²) in [6.07, 6.45) is 0.889. The molecule has 0 saturated carbocycles. The number of hydrogen-bond acceptors (Lipinski definition) is 3. The molecular weight excluding hydrogens is 365 g/mol. The highest BCUT2D eigenvalue weighted by atomic mass is 35.5. The second-order valence-electron chi connectivity index (χ2n) is 7.52. The van der Waals surface area contributed by atoms with Crippen LogP contribution in [0.3, 0.4) is 0 Å². The first-order chi connectivity index (χ1) is 11.5. The van der Waals surface area contributed by atoms with Gasteiger partial charge < -0.3 is 14.7 Å². The molecule has 0 aromatic heterocycles. The Labute approximate surface area is 157 Å². The van der Waals surface area contributed by atoms with Gasteiger partial charge in [-0.2, -0.15) is 0 Å². The lowest BCUT2D eigenvalue weighted by Crippen LogP contribution is -2.52. The van der Waals surface area contributed by atoms with Crippen LogP contribution in [0.15, 0.2) is 18.2 Å². The normalized spacial score (nSPS) is 21.1. The third-order valence-corrected chi connectivity index (χ3v) is 4.95. The van der Waals surface area contributed by atoms with Crippen molar-refractivity contribution in [3.63, 3.8) is 0 Å². The molecule has 7 heteroatoms. The Morgan fingerprint density at radius 3 is 2.52 bits per heavy atom. The van der Waals surface area contributed by atoms with Gasteiger partial charge in [-0.25, -0.2) is 4.79 Å². The minimum Gasteiger partial charge on any atom is -0.481 e. The Balaban J connectivity index is 2.22. The first kappa shape index (κ1) is 19.9. The Hall–Kier alpha value is -1.46. The molecule has 0 bridgehead atoms. The van der Waals surface area contributed by atoms with Crippen LogP contribution in [0, 0.1) is 5.41 Å². The van der Waals surface area contributed by atoms with Crippen molar-refractivity contribution in [2.24, 2.45) is 5.41 Å². The number of piperidine rings is 1. The van der Waals surface area contributed by atoms with Gasteiger partial charge in [-0.15, -0.1) is 0 Å². The van der Waals surface area contributed by atoms with Crippen molar-refractivity contribution in [1.29, 1.82) is 0 Å². The number of hydrogen-bond donors (Lipinski definition) is 1. The van der Waals surface area contributed by atoms with E-state index in [4.69, 9.17) is 27.9 Å². The maximum Gasteiger partial charge on any atom is 0.410 e. The molecule has 1 aromatic rings. The average molecular weight is 388 g/mol. The highest BCUT2D eigenvalue weighted by molar-refractivity contribution is 6.42. The third-order valence-electron chi connectivity index (χ3n) is 4.21. The van der Waals surface area contributed by atoms with Gasteiger partial charge >= 0.3 is 12.1 Å². The van der Waals surface area contributed by atoms with Crippen LogP contribution >= 0.6 is 23.2 Å². The number of carbonyl (C=O) groups excluding carboxylic acids is 1. The molecule has 1 aliphatic rings. The molecule has 2 rings (SSSR count). The van der Waals surface area contributed by atoms with Crippen LogP contribution in [-0.4, -0.2) is 40.8 Å². The van der Waals surface area contributed by atoms with Gasteiger partial charge in [0.1, 0.15) is 5.60 Å². The summed E-state index contributed by atoms with van der Waals surface area (Å²) in [5, 5.41) is 10.7. The fourth-order valence-electron chi connectivity index (χ4n) is 3.05. The summed E-state index contributed by atoms with van der Waals surface area (Å²) in [5.41, 5.74) is -0.904. The van der Waals surface area contributed by atoms with E-state index in [1.807, 2.05) is 0 Å². The minimum absolute atomic E-state index is 0.109. The molecule has 1 aromatic carbocycles. The zero-order valence-corrected chi connectivity index (χ0v) is 16.2. The van der Waals surface area contributed by atoms with E-state index < -0.39 is 23.1 Å². The number of rotatable bonds is 3. The zero-order chi connectivity index (χ0) is 18.8. The molecule has 5 nitrogen and oxygen atoms in total. The van der Waals surface area contributed by atoms with Gasteiger partial charge in [0.2, 0.25) is 0 Å². The molecular formula is C18H23Cl2NO4. The van der Waals surface area contributed by atoms with E-state index in [0.29, 0.717) is 29.4 Å². The van der Waals surface area contributed by atoms with E-state index in [2.05, 4.69) is 0 Å². The molecule has 0 unspecified atom stereocenters. The van der Waals surface area contributed by atoms with Crippen molar-refractivity contribution < 1.29 is 19.4 Å². The smallest absolute Gasteiger partial charge is 0.410 e. The number of carbonyl (C=O) groups is 2. The number of nitrogens with zero attached hydrogens (tertiary/aromatic N) is 1. The average Bonchev–Trinajstić information content (AvgIpc) is 2.49. The van der Waals surface area contributed by atoms with Crippen LogP contribution in [0.4, 0.5) is 4.79 Å². The van der Waals surface area contributed by atoms with Gasteiger partial charge in [0.15, 0.2) is 0 Å². The predicted molar refractivity (Wildman–Crippen MR) is 97.3 cm³/mol. The maximum absolute atomic E-state index is 12.3. The topological polar surface area (TPSA) is 66.8 Å². The summed E-state index contributed by atoms with van der Waals surface area (Å²) >= 11 is 12.0. The lowest BCUT2D eigenvalue weighted by Gasteiger charge is -2.40. The fourth-order valence-corrected chi connectivity index (χ4v) is 3.37. The second-order valence-corrected chi connectivity index (χ2v) is 8.33. The van der Waals surface area contributed by atoms with E-state index in [9.17, 15) is 14.7 Å². The molecule has 0 radical (unpaired) electrons. The first-order valence-corrected chi connectivity index (χ1v) is 8.93. The highest BCUT2D eigenvalue weighted by Gasteiger charge is 2.44. The summed E-state index contributed by atoms with van der Waals surface area (Å²) in [4.78, 5) is 25.9. The summed E-state index contributed by atoms with van der Waals surface area (Å²) in [6.45, 7) is 5.96. The van der Waals surface area contributed by atoms with Crippen molar-refractivity contribution in [2.75, 3.05) is 13.1 Å². The number of carboxylic acids is 1. The Bertz CT molecular complexity index is 672. The van der Waals surface area contributed by atoms with E-state index in [-0.39, 0.29) is 13.0 Å². The van der Waals surface area contributed by atoms with E-state index >= 15 is 0 Å². The molecule has 1 fully saturated rings. The van der Waals surface area contributed by atoms with Crippen LogP contribution < -0.4 is 0 Å². The van der Waals surface area contributed by atoms with Crippen molar-refractivity contribution in [2.45, 2.75) is 45.6 Å². The second kappa shape index (κ2) is 7.42. The standard InChI is InChI=1S/C18H23Cl2NO4/c1-17(2,3)25-16(24)21-8-4-7-18(11-21,15(22)23)10-12-5-6-13(19)14(20)9-12/h5-6,9H,4,7-8,10-11H2,1-3H3,(H,22,23)/t18-/m1/s1. The van der Waals surface area contributed by atoms with Crippen molar-refractivity contribution in [1.82, 2.24) is 4.90 Å². The fraction of sp³-hybridized carbons (Fsp3) is 0.556. The summed E-state index contributed by atoms with van der Waals surface area (Å²) in [7, 11) is 0. The lowest BCUT2D eigenvalue weighted by atomic mass is 9.75. The van der Waals surface area contributed by atoms with Gasteiger partial charge in [0.25, 0.3) is 0 Å². The molecule has 1 saturated heterocycles. The van der Waals surface area contributed by atoms with E-state index in [1.54, 1.807) is 39.0 Å². The molecule has 0 spiro atoms. The maximum atomic E-state index is 12.3. The summed E-state index contributed by atoms with van der Waals surface area (Å²) in [6, 6.07) is 5.11. The zero-order valence-electron chi connectivity index (χ0n) is 14.6. The largest absolute Gasteiger partial charge is 0.481 e. The van der Waals surface area contributed by atoms with Gasteiger partial charge in [-0.1, -0.05) is 29.3 Å². The Morgan fingerprint density at radius 2 is 1.96 bits per heavy atom. The Kier molecular flexibility index (Phi) is 5.89. The minimum atomic E-state index is -1.06. The monoisotopic (exact) mass is 387 g/mol. The number of benzene rings is 1. The lowest BCUT2D eigenvalue weighted by molar-refractivity contribution is -0.152. The van der Waals surface area contributed by atoms with Crippen LogP contribution in [0.5, 0.6) is 0 Å². The van der Waals surface area contributed by atoms with E-state index in [1.165, 1.54) is 4.90 Å². The number of amides is 1. The molecule has 1 heterocycles. The van der Waals surface area contributed by atoms with Gasteiger partial charge in [-0.05, 0) is 57.7 Å². The van der Waals surface area contributed by atoms with Crippen LogP contribution in [0.2, 0.25) is 10.0 Å². The number of carboxylic acid groups (broad SMARTS) is 1. The van der Waals surface area contributed by atoms with Crippen LogP contribution in [0.1, 0.15) is 39.2 Å². The molecule has 138 valence electrons. The molecule has 1 N–H and O–H groups in total. The first-order valence-electron chi connectivity index (χ1n) is 8.18. The number of ether oxygens (including phenoxy) is 1. The Morgan fingerprint density at radius 1 is 1.28 bits per heavy atom. The predicted octanol–water partition coefficient (Wildman–Crippen LogP) is 4.64. The van der Waals surface area contributed by atoms with Crippen molar-refractivity contribution in [3.05, 3.63) is 33.8 Å². The van der Waals surface area contributed by atoms with Crippen LogP contribution in [-0.2, 0) is 16.0 Å². The molecule has 25 heavy (non-hydrogen) atoms. The number of aliphatic carboxylic acids is 1. The quantitative estimate of drug-likeness (QED) is 0.819. The van der Waals surface area contributed by atoms with Crippen molar-refractivity contribution >= 4 is 35.3 Å². The number of halogens is 2. The van der Waals surface area contributed by atoms with Gasteiger partial charge in [0, 0.05) is 13.1 Å². The van der Waals surface area contributed by atoms with Crippen molar-refractivity contribution in [3.8, 4) is 0 Å². The van der Waals surface area contributed by atoms with Gasteiger partial charge in [0.05, 0.1) is 15.5 Å². The third kappa shape index (κ3) is 5.02. The number of likely N-dealkylation sites (tertiary alicyclic amines) is 1. The highest BCUT2D eigenvalue weighted by Crippen LogP contribution is 2.36. The molecule has 1 amide bonds.